The molecule has 0 saturated carbocycles. The predicted molar refractivity (Wildman–Crippen MR) is 106 cm³/mol. The Balaban J connectivity index is 0.00000210. The maximum absolute atomic E-state index is 12.9. The van der Waals surface area contributed by atoms with Crippen molar-refractivity contribution in [2.24, 2.45) is 0 Å². The normalized spacial score (nSPS) is 11.5. The average molecular weight is 446 g/mol. The van der Waals surface area contributed by atoms with Crippen molar-refractivity contribution in [1.29, 1.82) is 0 Å². The van der Waals surface area contributed by atoms with E-state index in [-0.39, 0.29) is 47.8 Å². The smallest absolute Gasteiger partial charge is 1.00 e. The maximum atomic E-state index is 12.9. The van der Waals surface area contributed by atoms with Crippen molar-refractivity contribution in [3.05, 3.63) is 91.0 Å². The minimum atomic E-state index is -4.55. The van der Waals surface area contributed by atoms with E-state index in [9.17, 15) is 16.8 Å². The summed E-state index contributed by atoms with van der Waals surface area (Å²) < 4.78 is 61.7. The molecule has 0 atom stereocenters. The van der Waals surface area contributed by atoms with Crippen LogP contribution in [0.4, 0.5) is 0 Å². The van der Waals surface area contributed by atoms with Crippen molar-refractivity contribution in [3.8, 4) is 11.5 Å². The van der Waals surface area contributed by atoms with E-state index in [1.54, 1.807) is 54.6 Å². The van der Waals surface area contributed by atoms with Crippen molar-refractivity contribution in [2.45, 2.75) is 0 Å². The van der Waals surface area contributed by atoms with Crippen LogP contribution in [-0.2, 0) is 19.5 Å². The fraction of sp³-hybridized carbons (Fsp3) is 0. The number of rotatable bonds is 7. The molecule has 0 aromatic heterocycles. The Morgan fingerprint density at radius 2 is 0.893 bits per heavy atom. The van der Waals surface area contributed by atoms with Gasteiger partial charge in [-0.25, -0.2) is 0 Å². The van der Waals surface area contributed by atoms with Crippen LogP contribution in [0, 0.1) is 0 Å². The number of hydrogen-bond donors (Lipinski definition) is 0. The van der Waals surface area contributed by atoms with Crippen molar-refractivity contribution >= 4 is 31.1 Å². The first-order valence-corrected chi connectivity index (χ1v) is 13.1. The third-order valence-corrected chi connectivity index (χ3v) is 13.0. The predicted octanol–water partition coefficient (Wildman–Crippen LogP) is 0.558. The molecule has 10 heteroatoms. The van der Waals surface area contributed by atoms with Gasteiger partial charge in [0.25, 0.3) is 6.33 Å². The average Bonchev–Trinajstić information content (AvgIpc) is 2.63. The summed E-state index contributed by atoms with van der Waals surface area (Å²) in [6.45, 7) is 0. The van der Waals surface area contributed by atoms with E-state index in [4.69, 9.17) is 8.37 Å². The molecule has 28 heavy (non-hydrogen) atoms. The second-order valence-electron chi connectivity index (χ2n) is 5.24. The zero-order valence-corrected chi connectivity index (χ0v) is 19.4. The maximum Gasteiger partial charge on any atom is 1.00 e. The second-order valence-corrected chi connectivity index (χ2v) is 13.9. The van der Waals surface area contributed by atoms with E-state index >= 15 is 0 Å². The van der Waals surface area contributed by atoms with Gasteiger partial charge in [-0.3, -0.25) is 0 Å². The standard InChI is InChI=1S/C18H15O6PS2.Na.H/c19-26(20,23-16-10-4-1-5-11-16)25(18-14-8-3-9-15-18)27(21,22)24-17-12-6-2-7-13-17;;/h1-15H;;/q;+1;-1. The topological polar surface area (TPSA) is 86.7 Å². The Morgan fingerprint density at radius 3 is 1.25 bits per heavy atom. The number of benzene rings is 3. The van der Waals surface area contributed by atoms with E-state index < -0.39 is 25.8 Å². The van der Waals surface area contributed by atoms with Gasteiger partial charge in [-0.05, 0) is 24.3 Å². The summed E-state index contributed by atoms with van der Waals surface area (Å²) in [5.41, 5.74) is 0. The van der Waals surface area contributed by atoms with Crippen LogP contribution in [0.15, 0.2) is 91.0 Å². The third-order valence-electron chi connectivity index (χ3n) is 3.26. The summed E-state index contributed by atoms with van der Waals surface area (Å²) in [5, 5.41) is 0.0827. The van der Waals surface area contributed by atoms with Gasteiger partial charge in [0.15, 0.2) is 0 Å². The first-order valence-electron chi connectivity index (χ1n) is 7.73. The molecule has 0 aliphatic rings. The van der Waals surface area contributed by atoms with Gasteiger partial charge in [-0.1, -0.05) is 66.7 Å². The van der Waals surface area contributed by atoms with Gasteiger partial charge < -0.3 is 9.79 Å². The van der Waals surface area contributed by atoms with Crippen molar-refractivity contribution in [3.63, 3.8) is 0 Å². The molecule has 0 radical (unpaired) electrons. The van der Waals surface area contributed by atoms with Crippen molar-refractivity contribution in [1.82, 2.24) is 0 Å². The minimum Gasteiger partial charge on any atom is -1.00 e. The van der Waals surface area contributed by atoms with E-state index in [1.165, 1.54) is 36.4 Å². The van der Waals surface area contributed by atoms with Gasteiger partial charge in [0.1, 0.15) is 11.5 Å². The molecule has 0 fully saturated rings. The molecular weight excluding hydrogens is 430 g/mol. The second kappa shape index (κ2) is 9.87. The van der Waals surface area contributed by atoms with Crippen LogP contribution in [-0.4, -0.2) is 16.8 Å². The molecule has 3 aromatic carbocycles. The molecule has 0 aliphatic carbocycles. The number of para-hydroxylation sites is 2. The SMILES string of the molecule is O=S(=O)(Oc1ccccc1)P(c1ccccc1)S(=O)(=O)Oc1ccccc1.[H-].[Na+]. The van der Waals surface area contributed by atoms with Crippen LogP contribution in [0.3, 0.4) is 0 Å². The van der Waals surface area contributed by atoms with Crippen molar-refractivity contribution in [2.75, 3.05) is 0 Å². The summed E-state index contributed by atoms with van der Waals surface area (Å²) in [5.74, 6) is 0.0479. The zero-order valence-electron chi connectivity index (χ0n) is 15.9. The fourth-order valence-electron chi connectivity index (χ4n) is 2.18. The Hall–Kier alpha value is -1.41. The summed E-state index contributed by atoms with van der Waals surface area (Å²) in [6, 6.07) is 23.1. The first kappa shape index (κ1) is 22.9. The van der Waals surface area contributed by atoms with Gasteiger partial charge >= 0.3 is 49.0 Å². The molecule has 0 unspecified atom stereocenters. The van der Waals surface area contributed by atoms with Crippen molar-refractivity contribution < 1.29 is 56.2 Å². The molecule has 3 rings (SSSR count). The number of hydrogen-bond acceptors (Lipinski definition) is 6. The summed E-state index contributed by atoms with van der Waals surface area (Å²) >= 11 is 0. The van der Waals surface area contributed by atoms with E-state index in [2.05, 4.69) is 0 Å². The molecule has 0 saturated heterocycles. The molecule has 142 valence electrons. The molecule has 0 N–H and O–H groups in total. The molecule has 3 aromatic rings. The molecule has 0 spiro atoms. The Bertz CT molecular complexity index is 1030. The van der Waals surface area contributed by atoms with E-state index in [0.29, 0.717) is 0 Å². The minimum absolute atomic E-state index is 0. The van der Waals surface area contributed by atoms with Crippen LogP contribution in [0.25, 0.3) is 0 Å². The van der Waals surface area contributed by atoms with Gasteiger partial charge in [0.2, 0.25) is 0 Å². The van der Waals surface area contributed by atoms with Crippen LogP contribution in [0.2, 0.25) is 0 Å². The van der Waals surface area contributed by atoms with Crippen LogP contribution in [0.5, 0.6) is 11.5 Å². The van der Waals surface area contributed by atoms with Crippen LogP contribution < -0.4 is 43.2 Å². The third kappa shape index (κ3) is 5.80. The first-order chi connectivity index (χ1) is 12.9. The molecule has 6 nitrogen and oxygen atoms in total. The summed E-state index contributed by atoms with van der Waals surface area (Å²) in [7, 11) is -9.11. The van der Waals surface area contributed by atoms with Gasteiger partial charge in [-0.15, -0.1) is 0 Å². The fourth-order valence-corrected chi connectivity index (χ4v) is 10.6. The van der Waals surface area contributed by atoms with Gasteiger partial charge in [0.05, 0.1) is 0 Å². The molecule has 0 heterocycles. The Kier molecular flexibility index (Phi) is 8.07. The molecule has 0 aliphatic heterocycles. The van der Waals surface area contributed by atoms with Gasteiger partial charge in [-0.2, -0.15) is 16.8 Å². The van der Waals surface area contributed by atoms with Crippen LogP contribution >= 0.6 is 6.33 Å². The summed E-state index contributed by atoms with van der Waals surface area (Å²) in [4.78, 5) is 0. The monoisotopic (exact) mass is 446 g/mol. The Morgan fingerprint density at radius 1 is 0.571 bits per heavy atom. The molecule has 0 bridgehead atoms. The Labute approximate surface area is 188 Å². The molecular formula is C18H16NaO6PS2. The largest absolute Gasteiger partial charge is 1.00 e. The van der Waals surface area contributed by atoms with Crippen LogP contribution in [0.1, 0.15) is 1.43 Å². The summed E-state index contributed by atoms with van der Waals surface area (Å²) in [6.07, 6.45) is -2.89. The van der Waals surface area contributed by atoms with Gasteiger partial charge in [0, 0.05) is 5.30 Å². The van der Waals surface area contributed by atoms with E-state index in [1.807, 2.05) is 0 Å². The zero-order chi connectivity index (χ0) is 19.3. The molecule has 0 amide bonds. The quantitative estimate of drug-likeness (QED) is 0.389. The van der Waals surface area contributed by atoms with E-state index in [0.717, 1.165) is 0 Å².